The van der Waals surface area contributed by atoms with Crippen LogP contribution < -0.4 is 0 Å². The number of rotatable bonds is 2. The lowest BCUT2D eigenvalue weighted by Crippen LogP contribution is -2.14. The molecule has 0 aliphatic heterocycles. The summed E-state index contributed by atoms with van der Waals surface area (Å²) in [5, 5.41) is 0. The number of carbonyl (C=O) groups excluding carboxylic acids is 1. The number of hydrogen-bond acceptors (Lipinski definition) is 1. The number of benzene rings is 1. The first-order valence-corrected chi connectivity index (χ1v) is 6.00. The van der Waals surface area contributed by atoms with Gasteiger partial charge in [0.2, 0.25) is 0 Å². The van der Waals surface area contributed by atoms with Crippen molar-refractivity contribution in [3.8, 4) is 0 Å². The third-order valence-corrected chi connectivity index (χ3v) is 3.13. The maximum Gasteiger partial charge on any atom is 0.419 e. The molecule has 0 N–H and O–H groups in total. The van der Waals surface area contributed by atoms with Crippen LogP contribution in [0.1, 0.15) is 41.6 Å². The van der Waals surface area contributed by atoms with Crippen molar-refractivity contribution in [1.82, 2.24) is 0 Å². The Bertz CT molecular complexity index is 529. The van der Waals surface area contributed by atoms with Gasteiger partial charge in [-0.15, -0.1) is 0 Å². The summed E-state index contributed by atoms with van der Waals surface area (Å²) < 4.78 is 51.5. The van der Waals surface area contributed by atoms with Gasteiger partial charge in [0.15, 0.2) is 5.78 Å². The Hall–Kier alpha value is -1.65. The van der Waals surface area contributed by atoms with Crippen LogP contribution in [0.25, 0.3) is 0 Å². The fraction of sp³-hybridized carbons (Fsp3) is 0.357. The molecule has 1 aromatic carbocycles. The van der Waals surface area contributed by atoms with Crippen LogP contribution >= 0.6 is 0 Å². The van der Waals surface area contributed by atoms with Gasteiger partial charge in [-0.2, -0.15) is 13.2 Å². The van der Waals surface area contributed by atoms with Crippen LogP contribution in [0.2, 0.25) is 0 Å². The molecular weight excluding hydrogens is 260 g/mol. The van der Waals surface area contributed by atoms with E-state index in [1.165, 1.54) is 0 Å². The minimum absolute atomic E-state index is 0.407. The zero-order valence-corrected chi connectivity index (χ0v) is 10.1. The average Bonchev–Trinajstić information content (AvgIpc) is 2.38. The minimum Gasteiger partial charge on any atom is -0.289 e. The minimum atomic E-state index is -4.79. The SMILES string of the molecule is O=C(C1=CCCCC1)c1cccc(C(F)(F)F)c1F. The molecule has 1 aromatic rings. The number of hydrogen-bond donors (Lipinski definition) is 0. The quantitative estimate of drug-likeness (QED) is 0.571. The smallest absolute Gasteiger partial charge is 0.289 e. The van der Waals surface area contributed by atoms with Gasteiger partial charge in [0.25, 0.3) is 0 Å². The summed E-state index contributed by atoms with van der Waals surface area (Å²) in [4.78, 5) is 12.0. The second-order valence-electron chi connectivity index (χ2n) is 4.47. The average molecular weight is 272 g/mol. The molecule has 102 valence electrons. The molecule has 1 nitrogen and oxygen atoms in total. The molecule has 1 aliphatic carbocycles. The van der Waals surface area contributed by atoms with Crippen LogP contribution in [0, 0.1) is 5.82 Å². The van der Waals surface area contributed by atoms with Crippen LogP contribution in [-0.2, 0) is 6.18 Å². The Morgan fingerprint density at radius 1 is 1.16 bits per heavy atom. The predicted octanol–water partition coefficient (Wildman–Crippen LogP) is 4.53. The van der Waals surface area contributed by atoms with Gasteiger partial charge in [0.05, 0.1) is 11.1 Å². The summed E-state index contributed by atoms with van der Waals surface area (Å²) in [7, 11) is 0. The number of Topliss-reactive ketones (excluding diaryl/α,β-unsaturated/α-hetero) is 1. The Labute approximate surface area is 107 Å². The third kappa shape index (κ3) is 2.85. The molecular formula is C14H12F4O. The standard InChI is InChI=1S/C14H12F4O/c15-12-10(7-4-8-11(12)14(16,17)18)13(19)9-5-2-1-3-6-9/h4-5,7-8H,1-3,6H2. The predicted molar refractivity (Wildman–Crippen MR) is 62.3 cm³/mol. The molecule has 0 saturated carbocycles. The summed E-state index contributed by atoms with van der Waals surface area (Å²) >= 11 is 0. The van der Waals surface area contributed by atoms with Crippen LogP contribution in [0.3, 0.4) is 0 Å². The normalized spacial score (nSPS) is 16.1. The summed E-state index contributed by atoms with van der Waals surface area (Å²) in [5.74, 6) is -2.12. The van der Waals surface area contributed by atoms with E-state index < -0.39 is 28.9 Å². The fourth-order valence-corrected chi connectivity index (χ4v) is 2.14. The van der Waals surface area contributed by atoms with E-state index in [1.807, 2.05) is 0 Å². The second-order valence-corrected chi connectivity index (χ2v) is 4.47. The maximum absolute atomic E-state index is 13.8. The van der Waals surface area contributed by atoms with E-state index in [0.29, 0.717) is 24.5 Å². The molecule has 0 unspecified atom stereocenters. The molecule has 2 rings (SSSR count). The van der Waals surface area contributed by atoms with Gasteiger partial charge in [-0.1, -0.05) is 12.1 Å². The van der Waals surface area contributed by atoms with E-state index in [9.17, 15) is 22.4 Å². The van der Waals surface area contributed by atoms with Crippen LogP contribution in [0.15, 0.2) is 29.8 Å². The molecule has 0 bridgehead atoms. The summed E-state index contributed by atoms with van der Waals surface area (Å²) in [6, 6.07) is 2.80. The van der Waals surface area contributed by atoms with Gasteiger partial charge in [-0.25, -0.2) is 4.39 Å². The van der Waals surface area contributed by atoms with Gasteiger partial charge >= 0.3 is 6.18 Å². The van der Waals surface area contributed by atoms with Gasteiger partial charge in [0.1, 0.15) is 5.82 Å². The van der Waals surface area contributed by atoms with Crippen LogP contribution in [-0.4, -0.2) is 5.78 Å². The van der Waals surface area contributed by atoms with Gasteiger partial charge in [0, 0.05) is 0 Å². The summed E-state index contributed by atoms with van der Waals surface area (Å²) in [6.07, 6.45) is -0.150. The zero-order valence-electron chi connectivity index (χ0n) is 10.1. The molecule has 19 heavy (non-hydrogen) atoms. The Kier molecular flexibility index (Phi) is 3.73. The first-order chi connectivity index (χ1) is 8.91. The first-order valence-electron chi connectivity index (χ1n) is 6.00. The Morgan fingerprint density at radius 3 is 2.47 bits per heavy atom. The maximum atomic E-state index is 13.8. The molecule has 0 spiro atoms. The number of alkyl halides is 3. The molecule has 5 heteroatoms. The van der Waals surface area contributed by atoms with Crippen molar-refractivity contribution >= 4 is 5.78 Å². The molecule has 1 aliphatic rings. The van der Waals surface area contributed by atoms with E-state index in [1.54, 1.807) is 6.08 Å². The van der Waals surface area contributed by atoms with Crippen molar-refractivity contribution in [2.45, 2.75) is 31.9 Å². The number of ketones is 1. The lowest BCUT2D eigenvalue weighted by Gasteiger charge is -2.14. The van der Waals surface area contributed by atoms with Crippen molar-refractivity contribution in [3.05, 3.63) is 46.8 Å². The van der Waals surface area contributed by atoms with Gasteiger partial charge in [-0.3, -0.25) is 4.79 Å². The lowest BCUT2D eigenvalue weighted by molar-refractivity contribution is -0.140. The van der Waals surface area contributed by atoms with E-state index in [2.05, 4.69) is 0 Å². The van der Waals surface area contributed by atoms with Gasteiger partial charge in [-0.05, 0) is 43.4 Å². The first kappa shape index (κ1) is 13.8. The van der Waals surface area contributed by atoms with Crippen molar-refractivity contribution < 1.29 is 22.4 Å². The van der Waals surface area contributed by atoms with Crippen molar-refractivity contribution in [1.29, 1.82) is 0 Å². The molecule has 0 fully saturated rings. The van der Waals surface area contributed by atoms with Crippen molar-refractivity contribution in [3.63, 3.8) is 0 Å². The number of halogens is 4. The largest absolute Gasteiger partial charge is 0.419 e. The molecule has 0 saturated heterocycles. The van der Waals surface area contributed by atoms with Gasteiger partial charge < -0.3 is 0 Å². The molecule has 0 radical (unpaired) electrons. The lowest BCUT2D eigenvalue weighted by atomic mass is 9.92. The highest BCUT2D eigenvalue weighted by atomic mass is 19.4. The van der Waals surface area contributed by atoms with E-state index in [4.69, 9.17) is 0 Å². The topological polar surface area (TPSA) is 17.1 Å². The van der Waals surface area contributed by atoms with E-state index in [-0.39, 0.29) is 0 Å². The second kappa shape index (κ2) is 5.15. The summed E-state index contributed by atoms with van der Waals surface area (Å²) in [6.45, 7) is 0. The Morgan fingerprint density at radius 2 is 1.89 bits per heavy atom. The Balaban J connectivity index is 2.40. The fourth-order valence-electron chi connectivity index (χ4n) is 2.14. The van der Waals surface area contributed by atoms with Crippen molar-refractivity contribution in [2.24, 2.45) is 0 Å². The van der Waals surface area contributed by atoms with E-state index in [0.717, 1.165) is 25.0 Å². The highest BCUT2D eigenvalue weighted by molar-refractivity contribution is 6.09. The third-order valence-electron chi connectivity index (χ3n) is 3.13. The number of carbonyl (C=O) groups is 1. The molecule has 0 amide bonds. The van der Waals surface area contributed by atoms with E-state index >= 15 is 0 Å². The highest BCUT2D eigenvalue weighted by Crippen LogP contribution is 2.33. The van der Waals surface area contributed by atoms with Crippen molar-refractivity contribution in [2.75, 3.05) is 0 Å². The zero-order chi connectivity index (χ0) is 14.0. The molecule has 0 aromatic heterocycles. The van der Waals surface area contributed by atoms with Crippen LogP contribution in [0.4, 0.5) is 17.6 Å². The molecule has 0 heterocycles. The highest BCUT2D eigenvalue weighted by Gasteiger charge is 2.35. The number of allylic oxidation sites excluding steroid dienone is 2. The monoisotopic (exact) mass is 272 g/mol. The van der Waals surface area contributed by atoms with Crippen LogP contribution in [0.5, 0.6) is 0 Å². The molecule has 0 atom stereocenters. The summed E-state index contributed by atoms with van der Waals surface area (Å²) in [5.41, 5.74) is -1.48.